The molecule has 28 heavy (non-hydrogen) atoms. The van der Waals surface area contributed by atoms with Gasteiger partial charge in [0.05, 0.1) is 13.0 Å². The van der Waals surface area contributed by atoms with E-state index in [1.165, 1.54) is 16.0 Å². The van der Waals surface area contributed by atoms with Crippen molar-refractivity contribution in [2.24, 2.45) is 7.05 Å². The molecule has 0 unspecified atom stereocenters. The molecule has 0 saturated carbocycles. The summed E-state index contributed by atoms with van der Waals surface area (Å²) in [7, 11) is 1.66. The van der Waals surface area contributed by atoms with E-state index >= 15 is 0 Å². The molecule has 0 spiro atoms. The summed E-state index contributed by atoms with van der Waals surface area (Å²) in [5.41, 5.74) is 1.99. The van der Waals surface area contributed by atoms with Crippen LogP contribution in [0.3, 0.4) is 0 Å². The molecular weight excluding hydrogens is 446 g/mol. The van der Waals surface area contributed by atoms with Gasteiger partial charge in [-0.3, -0.25) is 4.79 Å². The molecule has 2 heterocycles. The van der Waals surface area contributed by atoms with Gasteiger partial charge >= 0.3 is 5.97 Å². The van der Waals surface area contributed by atoms with Gasteiger partial charge in [-0.25, -0.2) is 9.48 Å². The maximum atomic E-state index is 12.7. The van der Waals surface area contributed by atoms with Crippen molar-refractivity contribution in [3.05, 3.63) is 45.0 Å². The van der Waals surface area contributed by atoms with Gasteiger partial charge < -0.3 is 10.1 Å². The monoisotopic (exact) mass is 463 g/mol. The second-order valence-electron chi connectivity index (χ2n) is 5.91. The minimum absolute atomic E-state index is 0.00364. The number of halogens is 1. The van der Waals surface area contributed by atoms with Crippen LogP contribution in [0.5, 0.6) is 0 Å². The maximum absolute atomic E-state index is 12.7. The Morgan fingerprint density at radius 2 is 2.00 bits per heavy atom. The second-order valence-corrected chi connectivity index (χ2v) is 8.05. The van der Waals surface area contributed by atoms with E-state index in [-0.39, 0.29) is 18.9 Å². The van der Waals surface area contributed by atoms with Crippen LogP contribution in [0, 0.1) is 6.92 Å². The highest BCUT2D eigenvalue weighted by Gasteiger charge is 2.25. The maximum Gasteiger partial charge on any atom is 0.341 e. The van der Waals surface area contributed by atoms with Crippen molar-refractivity contribution in [1.82, 2.24) is 20.2 Å². The molecule has 0 atom stereocenters. The Bertz CT molecular complexity index is 1010. The molecule has 3 aromatic rings. The Hall–Kier alpha value is -2.59. The smallest absolute Gasteiger partial charge is 0.341 e. The molecule has 0 aliphatic carbocycles. The van der Waals surface area contributed by atoms with Crippen LogP contribution >= 0.6 is 27.3 Å². The molecule has 0 bridgehead atoms. The van der Waals surface area contributed by atoms with E-state index in [9.17, 15) is 9.59 Å². The normalized spacial score (nSPS) is 10.7. The van der Waals surface area contributed by atoms with Gasteiger partial charge in [-0.2, -0.15) is 0 Å². The summed E-state index contributed by atoms with van der Waals surface area (Å²) in [5, 5.41) is 14.3. The zero-order valence-electron chi connectivity index (χ0n) is 15.5. The molecule has 146 valence electrons. The fourth-order valence-corrected chi connectivity index (χ4v) is 4.05. The number of benzene rings is 1. The van der Waals surface area contributed by atoms with Gasteiger partial charge in [-0.15, -0.1) is 16.4 Å². The number of esters is 1. The highest BCUT2D eigenvalue weighted by molar-refractivity contribution is 9.10. The van der Waals surface area contributed by atoms with Gasteiger partial charge in [-0.05, 0) is 42.0 Å². The van der Waals surface area contributed by atoms with E-state index in [0.29, 0.717) is 16.4 Å². The van der Waals surface area contributed by atoms with Gasteiger partial charge in [0.2, 0.25) is 5.91 Å². The van der Waals surface area contributed by atoms with Crippen molar-refractivity contribution in [3.63, 3.8) is 0 Å². The lowest BCUT2D eigenvalue weighted by Gasteiger charge is -2.09. The molecule has 0 saturated heterocycles. The molecule has 10 heteroatoms. The van der Waals surface area contributed by atoms with Crippen LogP contribution in [-0.4, -0.2) is 38.7 Å². The quantitative estimate of drug-likeness (QED) is 0.562. The lowest BCUT2D eigenvalue weighted by molar-refractivity contribution is -0.115. The SMILES string of the molecule is CCOC(=O)c1c(NC(=O)Cc2nnnn2C)sc(C)c1-c1ccc(Br)cc1. The van der Waals surface area contributed by atoms with Crippen molar-refractivity contribution >= 4 is 44.1 Å². The van der Waals surface area contributed by atoms with Crippen LogP contribution in [0.1, 0.15) is 28.0 Å². The van der Waals surface area contributed by atoms with E-state index in [4.69, 9.17) is 4.74 Å². The zero-order chi connectivity index (χ0) is 20.3. The second kappa shape index (κ2) is 8.61. The number of nitrogens with zero attached hydrogens (tertiary/aromatic N) is 4. The molecule has 1 N–H and O–H groups in total. The van der Waals surface area contributed by atoms with Crippen molar-refractivity contribution in [2.75, 3.05) is 11.9 Å². The first-order valence-corrected chi connectivity index (χ1v) is 10.1. The molecule has 1 aromatic carbocycles. The van der Waals surface area contributed by atoms with Crippen molar-refractivity contribution in [2.45, 2.75) is 20.3 Å². The summed E-state index contributed by atoms with van der Waals surface area (Å²) in [4.78, 5) is 26.1. The Balaban J connectivity index is 1.97. The van der Waals surface area contributed by atoms with Gasteiger partial charge in [-0.1, -0.05) is 28.1 Å². The molecule has 3 rings (SSSR count). The Labute approximate surface area is 174 Å². The number of carbonyl (C=O) groups excluding carboxylic acids is 2. The number of hydrogen-bond acceptors (Lipinski definition) is 7. The molecule has 0 radical (unpaired) electrons. The van der Waals surface area contributed by atoms with Crippen LogP contribution in [0.15, 0.2) is 28.7 Å². The first-order chi connectivity index (χ1) is 13.4. The lowest BCUT2D eigenvalue weighted by atomic mass is 10.0. The number of amides is 1. The first kappa shape index (κ1) is 20.2. The third-order valence-electron chi connectivity index (χ3n) is 3.98. The average Bonchev–Trinajstić information content (AvgIpc) is 3.19. The number of hydrogen-bond donors (Lipinski definition) is 1. The van der Waals surface area contributed by atoms with Gasteiger partial charge in [0.15, 0.2) is 5.82 Å². The third kappa shape index (κ3) is 4.28. The van der Waals surface area contributed by atoms with E-state index in [1.54, 1.807) is 14.0 Å². The van der Waals surface area contributed by atoms with E-state index in [0.717, 1.165) is 20.5 Å². The number of aryl methyl sites for hydroxylation is 2. The summed E-state index contributed by atoms with van der Waals surface area (Å²) < 4.78 is 7.61. The van der Waals surface area contributed by atoms with Gasteiger partial charge in [0, 0.05) is 22.0 Å². The van der Waals surface area contributed by atoms with Crippen LogP contribution in [0.25, 0.3) is 11.1 Å². The molecular formula is C18H18BrN5O3S. The molecule has 0 aliphatic heterocycles. The topological polar surface area (TPSA) is 99.0 Å². The summed E-state index contributed by atoms with van der Waals surface area (Å²) in [6, 6.07) is 7.64. The van der Waals surface area contributed by atoms with Crippen molar-refractivity contribution in [1.29, 1.82) is 0 Å². The Morgan fingerprint density at radius 1 is 1.29 bits per heavy atom. The number of anilines is 1. The molecule has 8 nitrogen and oxygen atoms in total. The number of thiophene rings is 1. The van der Waals surface area contributed by atoms with Crippen molar-refractivity contribution < 1.29 is 14.3 Å². The molecule has 1 amide bonds. The minimum Gasteiger partial charge on any atom is -0.462 e. The van der Waals surface area contributed by atoms with E-state index in [1.807, 2.05) is 31.2 Å². The van der Waals surface area contributed by atoms with Gasteiger partial charge in [0.1, 0.15) is 10.6 Å². The number of nitrogens with one attached hydrogen (secondary N) is 1. The fraction of sp³-hybridized carbons (Fsp3) is 0.278. The minimum atomic E-state index is -0.472. The largest absolute Gasteiger partial charge is 0.462 e. The molecule has 0 aliphatic rings. The molecule has 0 fully saturated rings. The number of tetrazole rings is 1. The predicted molar refractivity (Wildman–Crippen MR) is 109 cm³/mol. The fourth-order valence-electron chi connectivity index (χ4n) is 2.71. The standard InChI is InChI=1S/C18H18BrN5O3S/c1-4-27-18(26)16-15(11-5-7-12(19)8-6-11)10(2)28-17(16)20-14(25)9-13-21-22-23-24(13)3/h5-8H,4,9H2,1-3H3,(H,20,25). The van der Waals surface area contributed by atoms with E-state index < -0.39 is 5.97 Å². The lowest BCUT2D eigenvalue weighted by Crippen LogP contribution is -2.18. The highest BCUT2D eigenvalue weighted by atomic mass is 79.9. The average molecular weight is 464 g/mol. The number of carbonyl (C=O) groups is 2. The summed E-state index contributed by atoms with van der Waals surface area (Å²) >= 11 is 4.75. The Kier molecular flexibility index (Phi) is 6.20. The first-order valence-electron chi connectivity index (χ1n) is 8.48. The summed E-state index contributed by atoms with van der Waals surface area (Å²) in [5.74, 6) is -0.357. The summed E-state index contributed by atoms with van der Waals surface area (Å²) in [6.45, 7) is 3.90. The van der Waals surface area contributed by atoms with Crippen LogP contribution < -0.4 is 5.32 Å². The number of aromatic nitrogens is 4. The Morgan fingerprint density at radius 3 is 2.61 bits per heavy atom. The third-order valence-corrected chi connectivity index (χ3v) is 5.53. The molecule has 2 aromatic heterocycles. The van der Waals surface area contributed by atoms with E-state index in [2.05, 4.69) is 36.8 Å². The number of ether oxygens (including phenoxy) is 1. The summed E-state index contributed by atoms with van der Waals surface area (Å²) in [6.07, 6.45) is -0.00364. The van der Waals surface area contributed by atoms with Gasteiger partial charge in [0.25, 0.3) is 0 Å². The predicted octanol–water partition coefficient (Wildman–Crippen LogP) is 3.37. The van der Waals surface area contributed by atoms with Crippen molar-refractivity contribution in [3.8, 4) is 11.1 Å². The number of rotatable bonds is 6. The highest BCUT2D eigenvalue weighted by Crippen LogP contribution is 2.40. The van der Waals surface area contributed by atoms with Crippen LogP contribution in [0.2, 0.25) is 0 Å². The van der Waals surface area contributed by atoms with Crippen LogP contribution in [0.4, 0.5) is 5.00 Å². The zero-order valence-corrected chi connectivity index (χ0v) is 17.9. The van der Waals surface area contributed by atoms with Crippen LogP contribution in [-0.2, 0) is 23.0 Å².